The summed E-state index contributed by atoms with van der Waals surface area (Å²) in [5.74, 6) is 2.23. The Balaban J connectivity index is 2.40. The van der Waals surface area contributed by atoms with Crippen molar-refractivity contribution >= 4 is 0 Å². The van der Waals surface area contributed by atoms with E-state index < -0.39 is 0 Å². The third-order valence-electron chi connectivity index (χ3n) is 3.85. The lowest BCUT2D eigenvalue weighted by molar-refractivity contribution is 0.219. The van der Waals surface area contributed by atoms with Gasteiger partial charge in [0.2, 0.25) is 0 Å². The lowest BCUT2D eigenvalue weighted by Gasteiger charge is -2.33. The van der Waals surface area contributed by atoms with Crippen LogP contribution in [0.1, 0.15) is 52.9 Å². The predicted octanol–water partition coefficient (Wildman–Crippen LogP) is 3.19. The van der Waals surface area contributed by atoms with Gasteiger partial charge in [-0.05, 0) is 30.6 Å². The van der Waals surface area contributed by atoms with Crippen LogP contribution in [0.5, 0.6) is 0 Å². The number of nitrogens with two attached hydrogens (primary N) is 1. The number of hydrogen-bond acceptors (Lipinski definition) is 1. The minimum atomic E-state index is 0.445. The van der Waals surface area contributed by atoms with Gasteiger partial charge < -0.3 is 5.73 Å². The van der Waals surface area contributed by atoms with Gasteiger partial charge in [0.05, 0.1) is 0 Å². The highest BCUT2D eigenvalue weighted by Gasteiger charge is 2.26. The standard InChI is InChI=1S/C12H25N/c1-9(2)10(3)12(13)11-7-5-4-6-8-11/h9-12H,4-8,13H2,1-3H3. The highest BCUT2D eigenvalue weighted by molar-refractivity contribution is 4.81. The lowest BCUT2D eigenvalue weighted by atomic mass is 9.76. The highest BCUT2D eigenvalue weighted by Crippen LogP contribution is 2.30. The van der Waals surface area contributed by atoms with Crippen LogP contribution in [0.3, 0.4) is 0 Å². The van der Waals surface area contributed by atoms with E-state index in [2.05, 4.69) is 20.8 Å². The first kappa shape index (κ1) is 11.0. The summed E-state index contributed by atoms with van der Waals surface area (Å²) in [6, 6.07) is 0.445. The summed E-state index contributed by atoms with van der Waals surface area (Å²) < 4.78 is 0. The van der Waals surface area contributed by atoms with Gasteiger partial charge in [-0.3, -0.25) is 0 Å². The molecular formula is C12H25N. The van der Waals surface area contributed by atoms with E-state index in [1.165, 1.54) is 32.1 Å². The molecule has 0 aromatic rings. The quantitative estimate of drug-likeness (QED) is 0.714. The van der Waals surface area contributed by atoms with E-state index in [1.807, 2.05) is 0 Å². The summed E-state index contributed by atoms with van der Waals surface area (Å²) >= 11 is 0. The molecule has 1 fully saturated rings. The van der Waals surface area contributed by atoms with Gasteiger partial charge in [0.15, 0.2) is 0 Å². The molecule has 1 saturated carbocycles. The van der Waals surface area contributed by atoms with Gasteiger partial charge in [0.25, 0.3) is 0 Å². The summed E-state index contributed by atoms with van der Waals surface area (Å²) in [4.78, 5) is 0. The van der Waals surface area contributed by atoms with E-state index in [0.29, 0.717) is 12.0 Å². The minimum absolute atomic E-state index is 0.445. The minimum Gasteiger partial charge on any atom is -0.327 e. The second-order valence-electron chi connectivity index (χ2n) is 5.08. The average Bonchev–Trinajstić information content (AvgIpc) is 2.17. The summed E-state index contributed by atoms with van der Waals surface area (Å²) in [5, 5.41) is 0. The molecule has 0 amide bonds. The molecule has 1 rings (SSSR count). The van der Waals surface area contributed by atoms with E-state index in [4.69, 9.17) is 5.73 Å². The average molecular weight is 183 g/mol. The molecule has 78 valence electrons. The van der Waals surface area contributed by atoms with Crippen LogP contribution in [0.2, 0.25) is 0 Å². The molecule has 0 heterocycles. The molecule has 13 heavy (non-hydrogen) atoms. The first-order valence-electron chi connectivity index (χ1n) is 5.88. The molecule has 0 saturated heterocycles. The zero-order valence-electron chi connectivity index (χ0n) is 9.42. The number of rotatable bonds is 3. The van der Waals surface area contributed by atoms with Gasteiger partial charge >= 0.3 is 0 Å². The van der Waals surface area contributed by atoms with E-state index in [9.17, 15) is 0 Å². The van der Waals surface area contributed by atoms with Gasteiger partial charge in [-0.15, -0.1) is 0 Å². The van der Waals surface area contributed by atoms with Crippen molar-refractivity contribution in [3.63, 3.8) is 0 Å². The van der Waals surface area contributed by atoms with Gasteiger partial charge in [-0.1, -0.05) is 40.0 Å². The molecule has 1 aliphatic carbocycles. The van der Waals surface area contributed by atoms with Gasteiger partial charge in [0, 0.05) is 6.04 Å². The Morgan fingerprint density at radius 2 is 1.54 bits per heavy atom. The van der Waals surface area contributed by atoms with Crippen molar-refractivity contribution in [1.82, 2.24) is 0 Å². The normalized spacial score (nSPS) is 24.7. The fourth-order valence-electron chi connectivity index (χ4n) is 2.39. The molecule has 1 aliphatic rings. The molecular weight excluding hydrogens is 158 g/mol. The van der Waals surface area contributed by atoms with Crippen LogP contribution in [0.15, 0.2) is 0 Å². The third-order valence-corrected chi connectivity index (χ3v) is 3.85. The van der Waals surface area contributed by atoms with Crippen molar-refractivity contribution in [2.45, 2.75) is 58.9 Å². The van der Waals surface area contributed by atoms with Gasteiger partial charge in [0.1, 0.15) is 0 Å². The SMILES string of the molecule is CC(C)C(C)C(N)C1CCCCC1. The van der Waals surface area contributed by atoms with Crippen molar-refractivity contribution in [2.75, 3.05) is 0 Å². The summed E-state index contributed by atoms with van der Waals surface area (Å²) in [5.41, 5.74) is 6.29. The number of hydrogen-bond donors (Lipinski definition) is 1. The molecule has 0 aromatic carbocycles. The Labute approximate surface area is 83.1 Å². The Morgan fingerprint density at radius 3 is 2.00 bits per heavy atom. The Morgan fingerprint density at radius 1 is 1.00 bits per heavy atom. The first-order valence-corrected chi connectivity index (χ1v) is 5.88. The molecule has 1 nitrogen and oxygen atoms in total. The smallest absolute Gasteiger partial charge is 0.00954 e. The molecule has 0 aliphatic heterocycles. The monoisotopic (exact) mass is 183 g/mol. The highest BCUT2D eigenvalue weighted by atomic mass is 14.7. The van der Waals surface area contributed by atoms with Crippen molar-refractivity contribution in [3.05, 3.63) is 0 Å². The fraction of sp³-hybridized carbons (Fsp3) is 1.00. The van der Waals surface area contributed by atoms with Crippen molar-refractivity contribution in [2.24, 2.45) is 23.5 Å². The maximum absolute atomic E-state index is 6.29. The predicted molar refractivity (Wildman–Crippen MR) is 58.6 cm³/mol. The zero-order chi connectivity index (χ0) is 9.84. The van der Waals surface area contributed by atoms with Gasteiger partial charge in [-0.2, -0.15) is 0 Å². The maximum atomic E-state index is 6.29. The molecule has 2 N–H and O–H groups in total. The molecule has 2 atom stereocenters. The zero-order valence-corrected chi connectivity index (χ0v) is 9.42. The summed E-state index contributed by atoms with van der Waals surface area (Å²) in [6.07, 6.45) is 6.99. The molecule has 0 aromatic heterocycles. The van der Waals surface area contributed by atoms with Crippen LogP contribution in [0.4, 0.5) is 0 Å². The van der Waals surface area contributed by atoms with Crippen molar-refractivity contribution in [3.8, 4) is 0 Å². The van der Waals surface area contributed by atoms with Crippen LogP contribution in [0.25, 0.3) is 0 Å². The van der Waals surface area contributed by atoms with Crippen LogP contribution in [-0.2, 0) is 0 Å². The maximum Gasteiger partial charge on any atom is 0.00954 e. The van der Waals surface area contributed by atoms with E-state index in [-0.39, 0.29) is 0 Å². The molecule has 0 spiro atoms. The second-order valence-corrected chi connectivity index (χ2v) is 5.08. The van der Waals surface area contributed by atoms with E-state index >= 15 is 0 Å². The Hall–Kier alpha value is -0.0400. The van der Waals surface area contributed by atoms with Gasteiger partial charge in [-0.25, -0.2) is 0 Å². The summed E-state index contributed by atoms with van der Waals surface area (Å²) in [7, 11) is 0. The fourth-order valence-corrected chi connectivity index (χ4v) is 2.39. The Bertz CT molecular complexity index is 136. The van der Waals surface area contributed by atoms with Crippen LogP contribution in [-0.4, -0.2) is 6.04 Å². The molecule has 2 unspecified atom stereocenters. The molecule has 1 heteroatoms. The van der Waals surface area contributed by atoms with Crippen molar-refractivity contribution < 1.29 is 0 Å². The van der Waals surface area contributed by atoms with Crippen molar-refractivity contribution in [1.29, 1.82) is 0 Å². The van der Waals surface area contributed by atoms with E-state index in [0.717, 1.165) is 11.8 Å². The third kappa shape index (κ3) is 2.98. The van der Waals surface area contributed by atoms with E-state index in [1.54, 1.807) is 0 Å². The lowest BCUT2D eigenvalue weighted by Crippen LogP contribution is -2.39. The molecule has 0 bridgehead atoms. The molecule has 0 radical (unpaired) electrons. The van der Waals surface area contributed by atoms with Crippen LogP contribution >= 0.6 is 0 Å². The van der Waals surface area contributed by atoms with Crippen LogP contribution in [0, 0.1) is 17.8 Å². The Kier molecular flexibility index (Phi) is 4.24. The van der Waals surface area contributed by atoms with Crippen LogP contribution < -0.4 is 5.73 Å². The summed E-state index contributed by atoms with van der Waals surface area (Å²) in [6.45, 7) is 6.88. The topological polar surface area (TPSA) is 26.0 Å². The largest absolute Gasteiger partial charge is 0.327 e. The second kappa shape index (κ2) is 4.99. The first-order chi connectivity index (χ1) is 6.13.